The molecule has 0 spiro atoms. The summed E-state index contributed by atoms with van der Waals surface area (Å²) in [7, 11) is 0. The molecule has 0 aliphatic carbocycles. The minimum absolute atomic E-state index is 0.0503. The first-order valence-corrected chi connectivity index (χ1v) is 6.90. The van der Waals surface area contributed by atoms with Gasteiger partial charge in [0.1, 0.15) is 0 Å². The second-order valence-electron chi connectivity index (χ2n) is 4.86. The summed E-state index contributed by atoms with van der Waals surface area (Å²) >= 11 is 0. The Morgan fingerprint density at radius 2 is 1.53 bits per heavy atom. The highest BCUT2D eigenvalue weighted by molar-refractivity contribution is 5.94. The molecule has 0 aromatic carbocycles. The van der Waals surface area contributed by atoms with Gasteiger partial charge in [-0.25, -0.2) is 4.79 Å². The molecule has 2 N–H and O–H groups in total. The Hall–Kier alpha value is -1.59. The van der Waals surface area contributed by atoms with Crippen LogP contribution in [0.2, 0.25) is 0 Å². The molecule has 6 nitrogen and oxygen atoms in total. The first-order chi connectivity index (χ1) is 9.09. The number of carbonyl (C=O) groups excluding carboxylic acids is 2. The third-order valence-corrected chi connectivity index (χ3v) is 3.18. The second-order valence-corrected chi connectivity index (χ2v) is 4.86. The van der Waals surface area contributed by atoms with Crippen LogP contribution in [0.5, 0.6) is 0 Å². The Kier molecular flexibility index (Phi) is 6.92. The third kappa shape index (κ3) is 6.79. The van der Waals surface area contributed by atoms with E-state index in [1.807, 2.05) is 0 Å². The summed E-state index contributed by atoms with van der Waals surface area (Å²) in [6.07, 6.45) is 5.68. The molecule has 0 aromatic rings. The molecule has 0 radical (unpaired) electrons. The number of carboxylic acid groups (broad SMARTS) is 1. The minimum Gasteiger partial charge on any atom is -0.481 e. The number of nitrogens with one attached hydrogen (secondary N) is 1. The van der Waals surface area contributed by atoms with Crippen LogP contribution in [0, 0.1) is 0 Å². The lowest BCUT2D eigenvalue weighted by molar-refractivity contribution is -0.137. The quantitative estimate of drug-likeness (QED) is 0.814. The van der Waals surface area contributed by atoms with E-state index in [2.05, 4.69) is 5.32 Å². The van der Waals surface area contributed by atoms with Crippen molar-refractivity contribution in [1.82, 2.24) is 10.2 Å². The fourth-order valence-electron chi connectivity index (χ4n) is 2.11. The molecule has 0 saturated carbocycles. The van der Waals surface area contributed by atoms with Gasteiger partial charge in [-0.1, -0.05) is 19.3 Å². The maximum Gasteiger partial charge on any atom is 0.324 e. The van der Waals surface area contributed by atoms with Crippen molar-refractivity contribution in [3.05, 3.63) is 0 Å². The van der Waals surface area contributed by atoms with Gasteiger partial charge >= 0.3 is 12.0 Å². The summed E-state index contributed by atoms with van der Waals surface area (Å²) in [5, 5.41) is 10.8. The molecule has 19 heavy (non-hydrogen) atoms. The van der Waals surface area contributed by atoms with E-state index < -0.39 is 11.9 Å². The van der Waals surface area contributed by atoms with Gasteiger partial charge in [-0.15, -0.1) is 0 Å². The number of aliphatic carboxylic acids is 1. The van der Waals surface area contributed by atoms with Crippen LogP contribution in [-0.4, -0.2) is 41.0 Å². The van der Waals surface area contributed by atoms with Crippen molar-refractivity contribution in [3.63, 3.8) is 0 Å². The van der Waals surface area contributed by atoms with Gasteiger partial charge in [0.25, 0.3) is 0 Å². The molecule has 1 fully saturated rings. The van der Waals surface area contributed by atoms with E-state index in [4.69, 9.17) is 5.11 Å². The topological polar surface area (TPSA) is 86.7 Å². The molecule has 0 unspecified atom stereocenters. The number of amides is 3. The van der Waals surface area contributed by atoms with Crippen molar-refractivity contribution in [2.75, 3.05) is 13.1 Å². The third-order valence-electron chi connectivity index (χ3n) is 3.18. The number of urea groups is 1. The number of hydrogen-bond donors (Lipinski definition) is 2. The normalized spacial score (nSPS) is 16.3. The fraction of sp³-hybridized carbons (Fsp3) is 0.769. The van der Waals surface area contributed by atoms with Gasteiger partial charge in [-0.2, -0.15) is 0 Å². The predicted octanol–water partition coefficient (Wildman–Crippen LogP) is 1.74. The van der Waals surface area contributed by atoms with Crippen LogP contribution in [0.1, 0.15) is 51.4 Å². The number of carbonyl (C=O) groups is 3. The van der Waals surface area contributed by atoms with Gasteiger partial charge in [0.2, 0.25) is 5.91 Å². The number of likely N-dealkylation sites (tertiary alicyclic amines) is 1. The number of rotatable bonds is 4. The Labute approximate surface area is 113 Å². The summed E-state index contributed by atoms with van der Waals surface area (Å²) in [4.78, 5) is 35.3. The molecule has 0 bridgehead atoms. The standard InChI is InChI=1S/C13H22N2O4/c16-11(7-6-8-12(17)18)14-13(19)15-9-4-2-1-3-5-10-15/h1-10H2,(H,17,18)(H,14,16,19). The molecule has 1 saturated heterocycles. The summed E-state index contributed by atoms with van der Waals surface area (Å²) in [5.41, 5.74) is 0. The van der Waals surface area contributed by atoms with Crippen LogP contribution < -0.4 is 5.32 Å². The van der Waals surface area contributed by atoms with Crippen LogP contribution in [0.15, 0.2) is 0 Å². The number of imide groups is 1. The van der Waals surface area contributed by atoms with E-state index in [-0.39, 0.29) is 25.3 Å². The van der Waals surface area contributed by atoms with Gasteiger partial charge in [0, 0.05) is 25.9 Å². The Morgan fingerprint density at radius 1 is 0.947 bits per heavy atom. The first kappa shape index (κ1) is 15.5. The molecule has 1 heterocycles. The summed E-state index contributed by atoms with van der Waals surface area (Å²) in [5.74, 6) is -1.32. The van der Waals surface area contributed by atoms with Gasteiger partial charge in [-0.05, 0) is 19.3 Å². The molecule has 0 atom stereocenters. The van der Waals surface area contributed by atoms with Crippen LogP contribution in [0.4, 0.5) is 4.79 Å². The largest absolute Gasteiger partial charge is 0.481 e. The molecular formula is C13H22N2O4. The smallest absolute Gasteiger partial charge is 0.324 e. The summed E-state index contributed by atoms with van der Waals surface area (Å²) < 4.78 is 0. The highest BCUT2D eigenvalue weighted by atomic mass is 16.4. The Bertz CT molecular complexity index is 323. The van der Waals surface area contributed by atoms with Crippen molar-refractivity contribution in [2.45, 2.75) is 51.4 Å². The lowest BCUT2D eigenvalue weighted by Crippen LogP contribution is -2.44. The molecule has 1 aliphatic rings. The highest BCUT2D eigenvalue weighted by Crippen LogP contribution is 2.10. The monoisotopic (exact) mass is 270 g/mol. The predicted molar refractivity (Wildman–Crippen MR) is 69.7 cm³/mol. The molecule has 1 rings (SSSR count). The van der Waals surface area contributed by atoms with E-state index >= 15 is 0 Å². The zero-order valence-electron chi connectivity index (χ0n) is 11.2. The lowest BCUT2D eigenvalue weighted by atomic mass is 10.1. The maximum absolute atomic E-state index is 11.8. The van der Waals surface area contributed by atoms with E-state index in [0.717, 1.165) is 25.7 Å². The van der Waals surface area contributed by atoms with Crippen molar-refractivity contribution >= 4 is 17.9 Å². The van der Waals surface area contributed by atoms with Crippen LogP contribution in [0.25, 0.3) is 0 Å². The van der Waals surface area contributed by atoms with E-state index in [1.165, 1.54) is 6.42 Å². The van der Waals surface area contributed by atoms with Gasteiger partial charge in [0.05, 0.1) is 0 Å². The molecule has 108 valence electrons. The fourth-order valence-corrected chi connectivity index (χ4v) is 2.11. The van der Waals surface area contributed by atoms with Crippen molar-refractivity contribution in [1.29, 1.82) is 0 Å². The first-order valence-electron chi connectivity index (χ1n) is 6.90. The Balaban J connectivity index is 2.27. The van der Waals surface area contributed by atoms with E-state index in [0.29, 0.717) is 13.1 Å². The Morgan fingerprint density at radius 3 is 2.11 bits per heavy atom. The molecule has 0 aromatic heterocycles. The molecule has 1 aliphatic heterocycles. The highest BCUT2D eigenvalue weighted by Gasteiger charge is 2.16. The van der Waals surface area contributed by atoms with Crippen molar-refractivity contribution in [2.24, 2.45) is 0 Å². The zero-order chi connectivity index (χ0) is 14.1. The van der Waals surface area contributed by atoms with Crippen LogP contribution >= 0.6 is 0 Å². The summed E-state index contributed by atoms with van der Waals surface area (Å²) in [6.45, 7) is 1.38. The summed E-state index contributed by atoms with van der Waals surface area (Å²) in [6, 6.07) is -0.345. The average Bonchev–Trinajstić information content (AvgIpc) is 2.27. The van der Waals surface area contributed by atoms with Crippen LogP contribution in [-0.2, 0) is 9.59 Å². The van der Waals surface area contributed by atoms with Gasteiger partial charge in [-0.3, -0.25) is 14.9 Å². The molecule has 6 heteroatoms. The van der Waals surface area contributed by atoms with Gasteiger partial charge in [0.15, 0.2) is 0 Å². The van der Waals surface area contributed by atoms with Crippen LogP contribution in [0.3, 0.4) is 0 Å². The lowest BCUT2D eigenvalue weighted by Gasteiger charge is -2.24. The maximum atomic E-state index is 11.8. The van der Waals surface area contributed by atoms with Crippen molar-refractivity contribution in [3.8, 4) is 0 Å². The van der Waals surface area contributed by atoms with E-state index in [9.17, 15) is 14.4 Å². The minimum atomic E-state index is -0.928. The van der Waals surface area contributed by atoms with E-state index in [1.54, 1.807) is 4.90 Å². The van der Waals surface area contributed by atoms with Gasteiger partial charge < -0.3 is 10.0 Å². The number of hydrogen-bond acceptors (Lipinski definition) is 3. The average molecular weight is 270 g/mol. The molecular weight excluding hydrogens is 248 g/mol. The number of carboxylic acids is 1. The second kappa shape index (κ2) is 8.50. The zero-order valence-corrected chi connectivity index (χ0v) is 11.2. The van der Waals surface area contributed by atoms with Crippen molar-refractivity contribution < 1.29 is 19.5 Å². The number of nitrogens with zero attached hydrogens (tertiary/aromatic N) is 1. The molecule has 3 amide bonds. The SMILES string of the molecule is O=C(O)CCCC(=O)NC(=O)N1CCCCCCC1.